The molecule has 5 aromatic rings. The molecule has 1 aromatic heterocycles. The second kappa shape index (κ2) is 9.07. The van der Waals surface area contributed by atoms with Gasteiger partial charge in [0.05, 0.1) is 11.1 Å². The molecule has 0 fully saturated rings. The Kier molecular flexibility index (Phi) is 6.24. The zero-order valence-corrected chi connectivity index (χ0v) is 21.7. The van der Waals surface area contributed by atoms with Gasteiger partial charge in [0.15, 0.2) is 0 Å². The quantitative estimate of drug-likeness (QED) is 0.133. The molecule has 1 unspecified atom stereocenters. The van der Waals surface area contributed by atoms with Crippen LogP contribution in [-0.2, 0) is 31.7 Å². The van der Waals surface area contributed by atoms with Gasteiger partial charge in [0, 0.05) is 20.1 Å². The SMILES string of the molecule is FC(F)(F)c1ccc2c(c1)C(c1ccccc1)(C(F)(F)F)c1cc(-c3ccc4ccccc4n3)[c-]cc1-2.[Ir]. The van der Waals surface area contributed by atoms with Crippen molar-refractivity contribution in [3.05, 3.63) is 125 Å². The minimum Gasteiger partial charge on any atom is -0.296 e. The topological polar surface area (TPSA) is 12.9 Å². The fourth-order valence-electron chi connectivity index (χ4n) is 5.27. The molecule has 0 amide bonds. The summed E-state index contributed by atoms with van der Waals surface area (Å²) in [5.74, 6) is 0. The van der Waals surface area contributed by atoms with Crippen LogP contribution in [0.5, 0.6) is 0 Å². The Hall–Kier alpha value is -3.48. The van der Waals surface area contributed by atoms with Gasteiger partial charge in [-0.05, 0) is 34.3 Å². The summed E-state index contributed by atoms with van der Waals surface area (Å²) in [5.41, 5.74) is -3.02. The third-order valence-electron chi connectivity index (χ3n) is 6.90. The maximum Gasteiger partial charge on any atom is 0.416 e. The summed E-state index contributed by atoms with van der Waals surface area (Å²) in [6.45, 7) is 0. The second-order valence-corrected chi connectivity index (χ2v) is 8.94. The molecule has 0 N–H and O–H groups in total. The average Bonchev–Trinajstić information content (AvgIpc) is 3.18. The molecular weight excluding hydrogens is 681 g/mol. The molecule has 1 atom stereocenters. The van der Waals surface area contributed by atoms with E-state index in [-0.39, 0.29) is 42.4 Å². The Morgan fingerprint density at radius 1 is 0.684 bits per heavy atom. The van der Waals surface area contributed by atoms with Crippen molar-refractivity contribution in [2.75, 3.05) is 0 Å². The van der Waals surface area contributed by atoms with Gasteiger partial charge in [-0.1, -0.05) is 89.5 Å². The standard InChI is InChI=1S/C30H16F6N.Ir/c31-29(32,33)21-12-14-23-22-13-10-19(27-15-11-18-6-4-5-9-26(18)37-27)16-24(22)28(25(23)17-21,30(34,35)36)20-7-2-1-3-8-20;/h1-9,11-17H;/q-1;. The van der Waals surface area contributed by atoms with Gasteiger partial charge in [-0.3, -0.25) is 4.98 Å². The zero-order valence-electron chi connectivity index (χ0n) is 19.3. The number of fused-ring (bicyclic) bond motifs is 4. The van der Waals surface area contributed by atoms with Crippen molar-refractivity contribution in [1.82, 2.24) is 4.98 Å². The number of nitrogens with zero attached hydrogens (tertiary/aromatic N) is 1. The molecule has 4 aromatic carbocycles. The van der Waals surface area contributed by atoms with Gasteiger partial charge in [0.25, 0.3) is 0 Å². The number of hydrogen-bond donors (Lipinski definition) is 0. The molecule has 0 saturated carbocycles. The van der Waals surface area contributed by atoms with Gasteiger partial charge < -0.3 is 0 Å². The molecular formula is C30H16F6IrN-. The summed E-state index contributed by atoms with van der Waals surface area (Å²) >= 11 is 0. The van der Waals surface area contributed by atoms with Gasteiger partial charge in [0.1, 0.15) is 5.41 Å². The van der Waals surface area contributed by atoms with E-state index in [1.54, 1.807) is 18.2 Å². The van der Waals surface area contributed by atoms with Crippen LogP contribution in [0.4, 0.5) is 26.3 Å². The first-order chi connectivity index (χ1) is 17.6. The summed E-state index contributed by atoms with van der Waals surface area (Å²) in [6.07, 6.45) is -9.75. The summed E-state index contributed by atoms with van der Waals surface area (Å²) in [4.78, 5) is 4.59. The molecule has 1 nitrogen and oxygen atoms in total. The number of benzene rings is 4. The van der Waals surface area contributed by atoms with Gasteiger partial charge in [-0.2, -0.15) is 26.3 Å². The zero-order chi connectivity index (χ0) is 26.0. The Balaban J connectivity index is 0.00000294. The van der Waals surface area contributed by atoms with Gasteiger partial charge >= 0.3 is 12.4 Å². The number of hydrogen-bond acceptors (Lipinski definition) is 1. The van der Waals surface area contributed by atoms with Crippen LogP contribution in [0.15, 0.2) is 97.1 Å². The van der Waals surface area contributed by atoms with Crippen LogP contribution in [0.1, 0.15) is 22.3 Å². The van der Waals surface area contributed by atoms with Gasteiger partial charge in [-0.25, -0.2) is 0 Å². The van der Waals surface area contributed by atoms with Crippen molar-refractivity contribution < 1.29 is 46.4 Å². The van der Waals surface area contributed by atoms with E-state index in [1.165, 1.54) is 36.4 Å². The van der Waals surface area contributed by atoms with Crippen molar-refractivity contribution >= 4 is 10.9 Å². The number of alkyl halides is 6. The van der Waals surface area contributed by atoms with Crippen LogP contribution in [0.2, 0.25) is 0 Å². The molecule has 0 spiro atoms. The minimum atomic E-state index is -4.95. The maximum atomic E-state index is 15.3. The van der Waals surface area contributed by atoms with E-state index in [0.717, 1.165) is 17.5 Å². The number of rotatable bonds is 2. The molecule has 193 valence electrons. The van der Waals surface area contributed by atoms with E-state index in [9.17, 15) is 13.2 Å². The van der Waals surface area contributed by atoms with Gasteiger partial charge in [-0.15, -0.1) is 23.8 Å². The van der Waals surface area contributed by atoms with Crippen LogP contribution in [0, 0.1) is 6.07 Å². The molecule has 38 heavy (non-hydrogen) atoms. The molecule has 1 aliphatic carbocycles. The normalized spacial score (nSPS) is 16.6. The van der Waals surface area contributed by atoms with Crippen LogP contribution in [0.25, 0.3) is 33.3 Å². The number of halogens is 6. The van der Waals surface area contributed by atoms with E-state index in [0.29, 0.717) is 22.8 Å². The summed E-state index contributed by atoms with van der Waals surface area (Å²) in [6, 6.07) is 26.3. The fourth-order valence-corrected chi connectivity index (χ4v) is 5.27. The second-order valence-electron chi connectivity index (χ2n) is 8.94. The number of para-hydroxylation sites is 1. The predicted molar refractivity (Wildman–Crippen MR) is 129 cm³/mol. The molecule has 0 bridgehead atoms. The average molecular weight is 697 g/mol. The number of aromatic nitrogens is 1. The van der Waals surface area contributed by atoms with Crippen molar-refractivity contribution in [3.8, 4) is 22.4 Å². The van der Waals surface area contributed by atoms with E-state index in [4.69, 9.17) is 0 Å². The van der Waals surface area contributed by atoms with E-state index in [1.807, 2.05) is 24.3 Å². The first kappa shape index (κ1) is 26.1. The smallest absolute Gasteiger partial charge is 0.296 e. The largest absolute Gasteiger partial charge is 0.416 e. The monoisotopic (exact) mass is 697 g/mol. The number of pyridine rings is 1. The van der Waals surface area contributed by atoms with Crippen LogP contribution < -0.4 is 0 Å². The molecule has 1 heterocycles. The Labute approximate surface area is 227 Å². The Bertz CT molecular complexity index is 1660. The first-order valence-electron chi connectivity index (χ1n) is 11.4. The molecule has 1 radical (unpaired) electrons. The van der Waals surface area contributed by atoms with Gasteiger partial charge in [0.2, 0.25) is 0 Å². The van der Waals surface area contributed by atoms with E-state index in [2.05, 4.69) is 11.1 Å². The summed E-state index contributed by atoms with van der Waals surface area (Å²) < 4.78 is 86.9. The molecule has 8 heteroatoms. The fraction of sp³-hybridized carbons (Fsp3) is 0.100. The molecule has 0 aliphatic heterocycles. The van der Waals surface area contributed by atoms with Crippen molar-refractivity contribution in [3.63, 3.8) is 0 Å². The van der Waals surface area contributed by atoms with Crippen LogP contribution in [0.3, 0.4) is 0 Å². The van der Waals surface area contributed by atoms with Crippen molar-refractivity contribution in [1.29, 1.82) is 0 Å². The third kappa shape index (κ3) is 3.86. The Morgan fingerprint density at radius 2 is 1.37 bits per heavy atom. The Morgan fingerprint density at radius 3 is 2.08 bits per heavy atom. The van der Waals surface area contributed by atoms with Crippen LogP contribution >= 0.6 is 0 Å². The van der Waals surface area contributed by atoms with Crippen molar-refractivity contribution in [2.24, 2.45) is 0 Å². The van der Waals surface area contributed by atoms with Crippen molar-refractivity contribution in [2.45, 2.75) is 17.8 Å². The van der Waals surface area contributed by atoms with E-state index >= 15 is 13.2 Å². The molecule has 1 aliphatic rings. The first-order valence-corrected chi connectivity index (χ1v) is 11.4. The minimum absolute atomic E-state index is 0. The molecule has 0 saturated heterocycles. The third-order valence-corrected chi connectivity index (χ3v) is 6.90. The summed E-state index contributed by atoms with van der Waals surface area (Å²) in [5, 5.41) is 0.869. The molecule has 6 rings (SSSR count). The summed E-state index contributed by atoms with van der Waals surface area (Å²) in [7, 11) is 0. The van der Waals surface area contributed by atoms with Crippen LogP contribution in [-0.4, -0.2) is 11.2 Å². The maximum absolute atomic E-state index is 15.3. The van der Waals surface area contributed by atoms with E-state index < -0.39 is 28.9 Å². The predicted octanol–water partition coefficient (Wildman–Crippen LogP) is 8.60.